The maximum Gasteiger partial charge on any atom is 0.256 e. The molecule has 4 N–H and O–H groups in total. The maximum absolute atomic E-state index is 13.1. The molecular weight excluding hydrogens is 416 g/mol. The van der Waals surface area contributed by atoms with Crippen LogP contribution in [0.4, 0.5) is 16.5 Å². The van der Waals surface area contributed by atoms with E-state index in [0.717, 1.165) is 46.7 Å². The van der Waals surface area contributed by atoms with Gasteiger partial charge in [-0.25, -0.2) is 4.98 Å². The highest BCUT2D eigenvalue weighted by Crippen LogP contribution is 2.26. The maximum atomic E-state index is 13.1. The monoisotopic (exact) mass is 442 g/mol. The lowest BCUT2D eigenvalue weighted by atomic mass is 9.96. The molecular formula is C26H26N4OS. The fourth-order valence-corrected chi connectivity index (χ4v) is 4.07. The molecule has 1 amide bonds. The van der Waals surface area contributed by atoms with Crippen LogP contribution in [0.25, 0.3) is 11.1 Å². The molecule has 1 heterocycles. The second kappa shape index (κ2) is 9.66. The summed E-state index contributed by atoms with van der Waals surface area (Å²) in [6, 6.07) is 21.9. The largest absolute Gasteiger partial charge is 0.385 e. The first-order valence-electron chi connectivity index (χ1n) is 10.5. The van der Waals surface area contributed by atoms with Crippen molar-refractivity contribution in [2.75, 3.05) is 22.9 Å². The fraction of sp³-hybridized carbons (Fsp3) is 0.154. The Balaban J connectivity index is 1.42. The Kier molecular flexibility index (Phi) is 6.52. The molecule has 0 saturated heterocycles. The number of hydrogen-bond donors (Lipinski definition) is 3. The lowest BCUT2D eigenvalue weighted by Crippen LogP contribution is -2.13. The Morgan fingerprint density at radius 1 is 0.938 bits per heavy atom. The smallest absolute Gasteiger partial charge is 0.256 e. The van der Waals surface area contributed by atoms with Crippen LogP contribution in [0.1, 0.15) is 27.2 Å². The molecule has 0 radical (unpaired) electrons. The highest BCUT2D eigenvalue weighted by atomic mass is 32.1. The Morgan fingerprint density at radius 2 is 1.62 bits per heavy atom. The Bertz CT molecular complexity index is 1210. The summed E-state index contributed by atoms with van der Waals surface area (Å²) >= 11 is 1.46. The van der Waals surface area contributed by atoms with E-state index in [1.807, 2.05) is 54.8 Å². The van der Waals surface area contributed by atoms with Crippen molar-refractivity contribution in [2.24, 2.45) is 0 Å². The van der Waals surface area contributed by atoms with E-state index in [9.17, 15) is 4.79 Å². The summed E-state index contributed by atoms with van der Waals surface area (Å²) in [5, 5.41) is 8.97. The van der Waals surface area contributed by atoms with Crippen LogP contribution in [0.5, 0.6) is 0 Å². The SMILES string of the molecule is Cc1ccc(-c2ccc(C)cc2C(=O)Nc2ccc(NCCc3csc(N)n3)cc2)cc1. The summed E-state index contributed by atoms with van der Waals surface area (Å²) in [6.07, 6.45) is 0.807. The molecule has 0 bridgehead atoms. The van der Waals surface area contributed by atoms with Gasteiger partial charge in [-0.15, -0.1) is 11.3 Å². The Hall–Kier alpha value is -3.64. The van der Waals surface area contributed by atoms with Crippen molar-refractivity contribution < 1.29 is 4.79 Å². The Morgan fingerprint density at radius 3 is 2.31 bits per heavy atom. The zero-order valence-electron chi connectivity index (χ0n) is 18.2. The molecule has 1 aromatic heterocycles. The average molecular weight is 443 g/mol. The molecule has 0 spiro atoms. The number of aromatic nitrogens is 1. The third-order valence-electron chi connectivity index (χ3n) is 5.20. The molecule has 6 heteroatoms. The molecule has 3 aromatic carbocycles. The van der Waals surface area contributed by atoms with E-state index in [4.69, 9.17) is 5.73 Å². The molecule has 0 saturated carbocycles. The number of nitrogens with two attached hydrogens (primary N) is 1. The minimum atomic E-state index is -0.119. The van der Waals surface area contributed by atoms with E-state index < -0.39 is 0 Å². The minimum absolute atomic E-state index is 0.119. The number of anilines is 3. The molecule has 0 aliphatic rings. The van der Waals surface area contributed by atoms with Gasteiger partial charge in [0, 0.05) is 35.3 Å². The highest BCUT2D eigenvalue weighted by Gasteiger charge is 2.14. The topological polar surface area (TPSA) is 80.0 Å². The molecule has 0 atom stereocenters. The third-order valence-corrected chi connectivity index (χ3v) is 5.93. The number of amides is 1. The van der Waals surface area contributed by atoms with Crippen LogP contribution in [0, 0.1) is 13.8 Å². The molecule has 0 unspecified atom stereocenters. The van der Waals surface area contributed by atoms with Crippen molar-refractivity contribution in [3.63, 3.8) is 0 Å². The van der Waals surface area contributed by atoms with Crippen LogP contribution in [-0.2, 0) is 6.42 Å². The molecule has 4 rings (SSSR count). The molecule has 0 fully saturated rings. The second-order valence-corrected chi connectivity index (χ2v) is 8.69. The number of hydrogen-bond acceptors (Lipinski definition) is 5. The number of thiazole rings is 1. The van der Waals surface area contributed by atoms with Gasteiger partial charge in [0.1, 0.15) is 0 Å². The van der Waals surface area contributed by atoms with E-state index in [1.54, 1.807) is 0 Å². The average Bonchev–Trinajstić information content (AvgIpc) is 3.20. The molecule has 32 heavy (non-hydrogen) atoms. The summed E-state index contributed by atoms with van der Waals surface area (Å²) < 4.78 is 0. The standard InChI is InChI=1S/C26H26N4OS/c1-17-3-6-19(7-4-17)23-12-5-18(2)15-24(23)25(31)29-21-10-8-20(9-11-21)28-14-13-22-16-32-26(27)30-22/h3-12,15-16,28H,13-14H2,1-2H3,(H2,27,30)(H,29,31). The number of rotatable bonds is 7. The van der Waals surface area contributed by atoms with Gasteiger partial charge in [-0.1, -0.05) is 47.5 Å². The van der Waals surface area contributed by atoms with Crippen LogP contribution >= 0.6 is 11.3 Å². The normalized spacial score (nSPS) is 10.7. The van der Waals surface area contributed by atoms with Gasteiger partial charge in [0.2, 0.25) is 0 Å². The molecule has 5 nitrogen and oxygen atoms in total. The fourth-order valence-electron chi connectivity index (χ4n) is 3.47. The first-order chi connectivity index (χ1) is 15.5. The van der Waals surface area contributed by atoms with E-state index in [2.05, 4.69) is 46.8 Å². The molecule has 0 aliphatic carbocycles. The zero-order chi connectivity index (χ0) is 22.5. The van der Waals surface area contributed by atoms with Crippen LogP contribution in [0.3, 0.4) is 0 Å². The first-order valence-corrected chi connectivity index (χ1v) is 11.4. The van der Waals surface area contributed by atoms with Crippen LogP contribution in [0.15, 0.2) is 72.1 Å². The van der Waals surface area contributed by atoms with Gasteiger partial charge in [0.15, 0.2) is 5.13 Å². The number of benzene rings is 3. The molecule has 4 aromatic rings. The minimum Gasteiger partial charge on any atom is -0.385 e. The van der Waals surface area contributed by atoms with Crippen molar-refractivity contribution in [1.29, 1.82) is 0 Å². The van der Waals surface area contributed by atoms with Gasteiger partial charge in [-0.2, -0.15) is 0 Å². The van der Waals surface area contributed by atoms with Crippen molar-refractivity contribution in [3.8, 4) is 11.1 Å². The summed E-state index contributed by atoms with van der Waals surface area (Å²) in [6.45, 7) is 4.81. The van der Waals surface area contributed by atoms with Crippen LogP contribution in [0.2, 0.25) is 0 Å². The van der Waals surface area contributed by atoms with Gasteiger partial charge in [-0.3, -0.25) is 4.79 Å². The summed E-state index contributed by atoms with van der Waals surface area (Å²) in [7, 11) is 0. The van der Waals surface area contributed by atoms with Crippen molar-refractivity contribution in [3.05, 3.63) is 94.5 Å². The number of carbonyl (C=O) groups excluding carboxylic acids is 1. The predicted octanol–water partition coefficient (Wildman–Crippen LogP) is 5.92. The van der Waals surface area contributed by atoms with Gasteiger partial charge in [0.25, 0.3) is 5.91 Å². The summed E-state index contributed by atoms with van der Waals surface area (Å²) in [5.74, 6) is -0.119. The number of carbonyl (C=O) groups is 1. The Labute approximate surface area is 192 Å². The van der Waals surface area contributed by atoms with Crippen LogP contribution in [-0.4, -0.2) is 17.4 Å². The van der Waals surface area contributed by atoms with Gasteiger partial charge in [0.05, 0.1) is 5.69 Å². The highest BCUT2D eigenvalue weighted by molar-refractivity contribution is 7.13. The predicted molar refractivity (Wildman–Crippen MR) is 134 cm³/mol. The van der Waals surface area contributed by atoms with Crippen molar-refractivity contribution >= 4 is 33.8 Å². The number of aryl methyl sites for hydroxylation is 2. The summed E-state index contributed by atoms with van der Waals surface area (Å²) in [5.41, 5.74) is 13.3. The third kappa shape index (κ3) is 5.34. The molecule has 162 valence electrons. The van der Waals surface area contributed by atoms with E-state index in [1.165, 1.54) is 16.9 Å². The first kappa shape index (κ1) is 21.6. The van der Waals surface area contributed by atoms with E-state index >= 15 is 0 Å². The molecule has 0 aliphatic heterocycles. The number of nitrogens with one attached hydrogen (secondary N) is 2. The van der Waals surface area contributed by atoms with E-state index in [-0.39, 0.29) is 5.91 Å². The van der Waals surface area contributed by atoms with Gasteiger partial charge >= 0.3 is 0 Å². The number of nitrogen functional groups attached to an aromatic ring is 1. The van der Waals surface area contributed by atoms with Gasteiger partial charge in [-0.05, 0) is 55.3 Å². The lowest BCUT2D eigenvalue weighted by Gasteiger charge is -2.13. The quantitative estimate of drug-likeness (QED) is 0.332. The van der Waals surface area contributed by atoms with E-state index in [0.29, 0.717) is 10.7 Å². The van der Waals surface area contributed by atoms with Gasteiger partial charge < -0.3 is 16.4 Å². The number of nitrogens with zero attached hydrogens (tertiary/aromatic N) is 1. The zero-order valence-corrected chi connectivity index (χ0v) is 19.0. The van der Waals surface area contributed by atoms with Crippen molar-refractivity contribution in [1.82, 2.24) is 4.98 Å². The lowest BCUT2D eigenvalue weighted by molar-refractivity contribution is 0.102. The van der Waals surface area contributed by atoms with Crippen molar-refractivity contribution in [2.45, 2.75) is 20.3 Å². The second-order valence-electron chi connectivity index (χ2n) is 7.80. The summed E-state index contributed by atoms with van der Waals surface area (Å²) in [4.78, 5) is 17.4. The van der Waals surface area contributed by atoms with Crippen LogP contribution < -0.4 is 16.4 Å².